The second-order valence-corrected chi connectivity index (χ2v) is 14.3. The molecular formula is C29H21PSe. The van der Waals surface area contributed by atoms with Crippen LogP contribution in [0.15, 0.2) is 127 Å². The van der Waals surface area contributed by atoms with Crippen LogP contribution in [0.3, 0.4) is 0 Å². The molecule has 0 spiro atoms. The molecule has 7 rings (SSSR count). The molecule has 0 saturated heterocycles. The third-order valence-electron chi connectivity index (χ3n) is 6.49. The van der Waals surface area contributed by atoms with Crippen molar-refractivity contribution < 1.29 is 0 Å². The molecule has 2 bridgehead atoms. The first-order valence-electron chi connectivity index (χ1n) is 10.6. The van der Waals surface area contributed by atoms with E-state index in [1.54, 1.807) is 0 Å². The Labute approximate surface area is 191 Å². The molecule has 0 fully saturated rings. The van der Waals surface area contributed by atoms with E-state index in [2.05, 4.69) is 143 Å². The number of hydrogen-bond donors (Lipinski definition) is 0. The molecule has 0 atom stereocenters. The standard InChI is InChI=1S/C29H21PSe/c31-30-26-19-11-10-18-25(26)29(24-16-8-3-9-17-24,20-27(30)22-12-4-1-5-13-22)21-28(30)23-14-6-2-7-15-23/h1-21H. The van der Waals surface area contributed by atoms with Gasteiger partial charge in [-0.1, -0.05) is 0 Å². The Kier molecular flexibility index (Phi) is 4.41. The molecule has 3 aliphatic heterocycles. The number of rotatable bonds is 3. The molecule has 2 heteroatoms. The average Bonchev–Trinajstić information content (AvgIpc) is 2.86. The predicted octanol–water partition coefficient (Wildman–Crippen LogP) is 6.81. The second kappa shape index (κ2) is 7.18. The predicted molar refractivity (Wildman–Crippen MR) is 135 cm³/mol. The summed E-state index contributed by atoms with van der Waals surface area (Å²) in [5.41, 5.74) is 3.17. The summed E-state index contributed by atoms with van der Waals surface area (Å²) in [4.78, 5) is 0. The van der Waals surface area contributed by atoms with Crippen molar-refractivity contribution in [1.82, 2.24) is 0 Å². The Balaban J connectivity index is 1.76. The summed E-state index contributed by atoms with van der Waals surface area (Å²) in [6.07, 6.45) is 5.08. The average molecular weight is 479 g/mol. The normalized spacial score (nSPS) is 23.6. The van der Waals surface area contributed by atoms with E-state index in [1.165, 1.54) is 38.2 Å². The van der Waals surface area contributed by atoms with Crippen molar-refractivity contribution in [2.75, 3.05) is 0 Å². The molecule has 31 heavy (non-hydrogen) atoms. The molecular weight excluding hydrogens is 458 g/mol. The van der Waals surface area contributed by atoms with Crippen molar-refractivity contribution >= 4 is 36.5 Å². The van der Waals surface area contributed by atoms with E-state index in [0.29, 0.717) is 0 Å². The molecule has 0 unspecified atom stereocenters. The van der Waals surface area contributed by atoms with Gasteiger partial charge >= 0.3 is 192 Å². The zero-order valence-electron chi connectivity index (χ0n) is 17.0. The molecule has 148 valence electrons. The van der Waals surface area contributed by atoms with Crippen LogP contribution in [-0.2, 0) is 5.41 Å². The Hall–Kier alpha value is -2.69. The Morgan fingerprint density at radius 3 is 1.52 bits per heavy atom. The van der Waals surface area contributed by atoms with Gasteiger partial charge in [-0.15, -0.1) is 0 Å². The van der Waals surface area contributed by atoms with Crippen molar-refractivity contribution in [2.24, 2.45) is 0 Å². The van der Waals surface area contributed by atoms with E-state index < -0.39 is 5.51 Å². The van der Waals surface area contributed by atoms with Crippen molar-refractivity contribution in [2.45, 2.75) is 5.41 Å². The molecule has 4 aromatic rings. The molecule has 0 N–H and O–H groups in total. The van der Waals surface area contributed by atoms with Crippen LogP contribution in [0.1, 0.15) is 22.3 Å². The summed E-state index contributed by atoms with van der Waals surface area (Å²) in [6.45, 7) is 0. The fraction of sp³-hybridized carbons (Fsp3) is 0.0345. The topological polar surface area (TPSA) is 0 Å². The van der Waals surface area contributed by atoms with Crippen LogP contribution in [0.4, 0.5) is 0 Å². The first kappa shape index (κ1) is 19.0. The Bertz CT molecular complexity index is 1320. The van der Waals surface area contributed by atoms with Crippen LogP contribution < -0.4 is 5.30 Å². The van der Waals surface area contributed by atoms with E-state index in [9.17, 15) is 0 Å². The molecule has 0 radical (unpaired) electrons. The van der Waals surface area contributed by atoms with Crippen LogP contribution in [-0.4, -0.2) is 15.1 Å². The van der Waals surface area contributed by atoms with Gasteiger partial charge in [0, 0.05) is 0 Å². The SMILES string of the molecule is [Se]=P12C(c3ccccc3)=CC(c3ccccc3)(C=C1c1ccccc1)c1ccccc12. The number of benzene rings is 4. The fourth-order valence-electron chi connectivity index (χ4n) is 5.08. The van der Waals surface area contributed by atoms with Gasteiger partial charge in [-0.2, -0.15) is 0 Å². The van der Waals surface area contributed by atoms with E-state index in [-0.39, 0.29) is 5.41 Å². The molecule has 3 heterocycles. The van der Waals surface area contributed by atoms with E-state index in [4.69, 9.17) is 0 Å². The molecule has 3 aliphatic rings. The summed E-state index contributed by atoms with van der Waals surface area (Å²) in [7, 11) is 0. The summed E-state index contributed by atoms with van der Waals surface area (Å²) in [5.74, 6) is 0. The molecule has 0 amide bonds. The van der Waals surface area contributed by atoms with Crippen molar-refractivity contribution in [3.05, 3.63) is 150 Å². The number of allylic oxidation sites excluding steroid dienone is 2. The van der Waals surface area contributed by atoms with E-state index in [1.807, 2.05) is 0 Å². The monoisotopic (exact) mass is 480 g/mol. The van der Waals surface area contributed by atoms with Gasteiger partial charge < -0.3 is 0 Å². The van der Waals surface area contributed by atoms with Crippen molar-refractivity contribution in [3.8, 4) is 0 Å². The third-order valence-corrected chi connectivity index (χ3v) is 13.4. The molecule has 0 aliphatic carbocycles. The first-order chi connectivity index (χ1) is 15.2. The van der Waals surface area contributed by atoms with Crippen molar-refractivity contribution in [1.29, 1.82) is 0 Å². The second-order valence-electron chi connectivity index (χ2n) is 8.15. The van der Waals surface area contributed by atoms with Gasteiger partial charge in [0.2, 0.25) is 0 Å². The van der Waals surface area contributed by atoms with Gasteiger partial charge in [0.1, 0.15) is 0 Å². The zero-order chi connectivity index (χ0) is 20.9. The molecule has 0 saturated carbocycles. The van der Waals surface area contributed by atoms with Crippen LogP contribution >= 0.6 is 5.51 Å². The van der Waals surface area contributed by atoms with Gasteiger partial charge in [-0.05, 0) is 0 Å². The van der Waals surface area contributed by atoms with Crippen LogP contribution in [0.5, 0.6) is 0 Å². The van der Waals surface area contributed by atoms with Gasteiger partial charge in [-0.25, -0.2) is 0 Å². The maximum absolute atomic E-state index is 3.78. The van der Waals surface area contributed by atoms with Crippen molar-refractivity contribution in [3.63, 3.8) is 0 Å². The number of hydrogen-bond acceptors (Lipinski definition) is 0. The molecule has 4 aromatic carbocycles. The Morgan fingerprint density at radius 2 is 0.968 bits per heavy atom. The quantitative estimate of drug-likeness (QED) is 0.224. The van der Waals surface area contributed by atoms with Gasteiger partial charge in [0.05, 0.1) is 0 Å². The van der Waals surface area contributed by atoms with Gasteiger partial charge in [0.25, 0.3) is 0 Å². The third kappa shape index (κ3) is 2.71. The van der Waals surface area contributed by atoms with E-state index >= 15 is 0 Å². The summed E-state index contributed by atoms with van der Waals surface area (Å²) in [5, 5.41) is 4.34. The zero-order valence-corrected chi connectivity index (χ0v) is 19.6. The van der Waals surface area contributed by atoms with E-state index in [0.717, 1.165) is 0 Å². The summed E-state index contributed by atoms with van der Waals surface area (Å²) >= 11 is 3.78. The Morgan fingerprint density at radius 1 is 0.516 bits per heavy atom. The summed E-state index contributed by atoms with van der Waals surface area (Å²) < 4.78 is 0. The fourth-order valence-corrected chi connectivity index (χ4v) is 11.5. The summed E-state index contributed by atoms with van der Waals surface area (Å²) in [6, 6.07) is 41.9. The minimum atomic E-state index is -1.90. The maximum atomic E-state index is 3.78. The van der Waals surface area contributed by atoms with Gasteiger partial charge in [0.15, 0.2) is 0 Å². The molecule has 0 nitrogen and oxygen atoms in total. The molecule has 0 aromatic heterocycles. The van der Waals surface area contributed by atoms with Crippen LogP contribution in [0.25, 0.3) is 10.6 Å². The van der Waals surface area contributed by atoms with Crippen LogP contribution in [0.2, 0.25) is 0 Å². The van der Waals surface area contributed by atoms with Gasteiger partial charge in [-0.3, -0.25) is 0 Å². The first-order valence-corrected chi connectivity index (χ1v) is 14.6. The minimum absolute atomic E-state index is 0.278. The van der Waals surface area contributed by atoms with Crippen LogP contribution in [0, 0.1) is 0 Å².